The van der Waals surface area contributed by atoms with Crippen molar-refractivity contribution >= 4 is 5.95 Å². The zero-order valence-electron chi connectivity index (χ0n) is 6.50. The number of rotatable bonds is 0. The van der Waals surface area contributed by atoms with Gasteiger partial charge in [0.1, 0.15) is 6.33 Å². The number of aromatic nitrogens is 3. The number of hydrogen-bond donors (Lipinski definition) is 1. The number of nitrogens with two attached hydrogens (primary N) is 1. The van der Waals surface area contributed by atoms with Crippen LogP contribution in [-0.2, 0) is 5.54 Å². The lowest BCUT2D eigenvalue weighted by Crippen LogP contribution is -2.22. The van der Waals surface area contributed by atoms with Crippen LogP contribution in [0.2, 0.25) is 0 Å². The highest BCUT2D eigenvalue weighted by Gasteiger charge is 2.13. The van der Waals surface area contributed by atoms with Crippen molar-refractivity contribution in [3.05, 3.63) is 6.33 Å². The molecular formula is C6H12N4. The van der Waals surface area contributed by atoms with Gasteiger partial charge in [-0.05, 0) is 20.8 Å². The SMILES string of the molecule is CC(C)(C)n1cnc(N)n1. The van der Waals surface area contributed by atoms with Crippen molar-refractivity contribution in [3.63, 3.8) is 0 Å². The maximum atomic E-state index is 5.33. The van der Waals surface area contributed by atoms with Crippen molar-refractivity contribution in [1.29, 1.82) is 0 Å². The molecule has 0 radical (unpaired) electrons. The Kier molecular flexibility index (Phi) is 1.39. The monoisotopic (exact) mass is 140 g/mol. The topological polar surface area (TPSA) is 56.7 Å². The summed E-state index contributed by atoms with van der Waals surface area (Å²) in [5.41, 5.74) is 5.31. The summed E-state index contributed by atoms with van der Waals surface area (Å²) in [6.45, 7) is 6.13. The lowest BCUT2D eigenvalue weighted by molar-refractivity contribution is 0.355. The second kappa shape index (κ2) is 1.97. The average molecular weight is 140 g/mol. The van der Waals surface area contributed by atoms with Crippen molar-refractivity contribution < 1.29 is 0 Å². The Balaban J connectivity index is 2.96. The first-order chi connectivity index (χ1) is 4.50. The minimum atomic E-state index is -0.0232. The zero-order chi connectivity index (χ0) is 7.78. The number of hydrogen-bond acceptors (Lipinski definition) is 3. The molecule has 56 valence electrons. The lowest BCUT2D eigenvalue weighted by atomic mass is 10.1. The highest BCUT2D eigenvalue weighted by molar-refractivity contribution is 5.09. The van der Waals surface area contributed by atoms with Gasteiger partial charge in [0, 0.05) is 0 Å². The number of nitrogens with zero attached hydrogens (tertiary/aromatic N) is 3. The minimum Gasteiger partial charge on any atom is -0.367 e. The Morgan fingerprint density at radius 3 is 2.30 bits per heavy atom. The van der Waals surface area contributed by atoms with Gasteiger partial charge in [-0.3, -0.25) is 0 Å². The predicted octanol–water partition coefficient (Wildman–Crippen LogP) is 0.615. The Morgan fingerprint density at radius 2 is 2.10 bits per heavy atom. The molecule has 0 atom stereocenters. The Hall–Kier alpha value is -1.06. The summed E-state index contributed by atoms with van der Waals surface area (Å²) in [4.78, 5) is 3.81. The van der Waals surface area contributed by atoms with Gasteiger partial charge >= 0.3 is 0 Å². The fraction of sp³-hybridized carbons (Fsp3) is 0.667. The number of nitrogen functional groups attached to an aromatic ring is 1. The van der Waals surface area contributed by atoms with Gasteiger partial charge in [-0.1, -0.05) is 0 Å². The van der Waals surface area contributed by atoms with E-state index >= 15 is 0 Å². The molecule has 1 aromatic rings. The molecule has 2 N–H and O–H groups in total. The first-order valence-corrected chi connectivity index (χ1v) is 3.18. The molecule has 1 rings (SSSR count). The largest absolute Gasteiger partial charge is 0.367 e. The molecule has 4 nitrogen and oxygen atoms in total. The van der Waals surface area contributed by atoms with E-state index in [-0.39, 0.29) is 5.54 Å². The maximum Gasteiger partial charge on any atom is 0.239 e. The van der Waals surface area contributed by atoms with Crippen LogP contribution >= 0.6 is 0 Å². The van der Waals surface area contributed by atoms with Gasteiger partial charge in [0.15, 0.2) is 0 Å². The maximum absolute atomic E-state index is 5.33. The van der Waals surface area contributed by atoms with E-state index in [2.05, 4.69) is 10.1 Å². The molecule has 4 heteroatoms. The highest BCUT2D eigenvalue weighted by Crippen LogP contribution is 2.10. The molecule has 0 saturated heterocycles. The van der Waals surface area contributed by atoms with Crippen LogP contribution in [0.15, 0.2) is 6.33 Å². The normalized spacial score (nSPS) is 11.9. The van der Waals surface area contributed by atoms with Crippen molar-refractivity contribution in [2.45, 2.75) is 26.3 Å². The summed E-state index contributed by atoms with van der Waals surface area (Å²) in [5.74, 6) is 0.329. The molecule has 1 heterocycles. The first kappa shape index (κ1) is 7.05. The van der Waals surface area contributed by atoms with Gasteiger partial charge in [0.25, 0.3) is 0 Å². The van der Waals surface area contributed by atoms with Crippen molar-refractivity contribution in [2.24, 2.45) is 0 Å². The summed E-state index contributed by atoms with van der Waals surface area (Å²) < 4.78 is 1.74. The van der Waals surface area contributed by atoms with E-state index in [1.54, 1.807) is 11.0 Å². The Labute approximate surface area is 60.1 Å². The second-order valence-electron chi connectivity index (χ2n) is 3.22. The molecular weight excluding hydrogens is 128 g/mol. The van der Waals surface area contributed by atoms with Crippen LogP contribution in [0.4, 0.5) is 5.95 Å². The second-order valence-corrected chi connectivity index (χ2v) is 3.22. The van der Waals surface area contributed by atoms with Crippen LogP contribution in [0.5, 0.6) is 0 Å². The molecule has 0 spiro atoms. The van der Waals surface area contributed by atoms with Crippen LogP contribution in [0, 0.1) is 0 Å². The van der Waals surface area contributed by atoms with Crippen molar-refractivity contribution in [1.82, 2.24) is 14.8 Å². The highest BCUT2D eigenvalue weighted by atomic mass is 15.4. The summed E-state index contributed by atoms with van der Waals surface area (Å²) in [6, 6.07) is 0. The van der Waals surface area contributed by atoms with E-state index in [1.807, 2.05) is 20.8 Å². The molecule has 1 aromatic heterocycles. The van der Waals surface area contributed by atoms with Crippen LogP contribution in [0.3, 0.4) is 0 Å². The van der Waals surface area contributed by atoms with Gasteiger partial charge in [0.05, 0.1) is 5.54 Å². The third-order valence-corrected chi connectivity index (χ3v) is 1.20. The molecule has 0 saturated carbocycles. The summed E-state index contributed by atoms with van der Waals surface area (Å²) in [6.07, 6.45) is 1.63. The lowest BCUT2D eigenvalue weighted by Gasteiger charge is -2.17. The average Bonchev–Trinajstić information content (AvgIpc) is 2.11. The van der Waals surface area contributed by atoms with E-state index in [1.165, 1.54) is 0 Å². The van der Waals surface area contributed by atoms with Gasteiger partial charge < -0.3 is 5.73 Å². The molecule has 0 aliphatic rings. The minimum absolute atomic E-state index is 0.0232. The summed E-state index contributed by atoms with van der Waals surface area (Å²) in [5, 5.41) is 3.97. The summed E-state index contributed by atoms with van der Waals surface area (Å²) in [7, 11) is 0. The van der Waals surface area contributed by atoms with E-state index in [4.69, 9.17) is 5.73 Å². The Bertz CT molecular complexity index is 220. The van der Waals surface area contributed by atoms with Crippen LogP contribution in [0.25, 0.3) is 0 Å². The van der Waals surface area contributed by atoms with Gasteiger partial charge in [0.2, 0.25) is 5.95 Å². The van der Waals surface area contributed by atoms with Crippen molar-refractivity contribution in [2.75, 3.05) is 5.73 Å². The molecule has 0 unspecified atom stereocenters. The Morgan fingerprint density at radius 1 is 1.50 bits per heavy atom. The zero-order valence-corrected chi connectivity index (χ0v) is 6.50. The first-order valence-electron chi connectivity index (χ1n) is 3.18. The molecule has 0 aliphatic carbocycles. The molecule has 0 fully saturated rings. The standard InChI is InChI=1S/C6H12N4/c1-6(2,3)10-4-8-5(7)9-10/h4H,1-3H3,(H2,7,9). The molecule has 10 heavy (non-hydrogen) atoms. The van der Waals surface area contributed by atoms with Gasteiger partial charge in [-0.25, -0.2) is 9.67 Å². The van der Waals surface area contributed by atoms with Crippen molar-refractivity contribution in [3.8, 4) is 0 Å². The van der Waals surface area contributed by atoms with Gasteiger partial charge in [-0.15, -0.1) is 5.10 Å². The van der Waals surface area contributed by atoms with Crippen LogP contribution < -0.4 is 5.73 Å². The van der Waals surface area contributed by atoms with Crippen LogP contribution in [0.1, 0.15) is 20.8 Å². The molecule has 0 aliphatic heterocycles. The quantitative estimate of drug-likeness (QED) is 0.574. The molecule has 0 aromatic carbocycles. The smallest absolute Gasteiger partial charge is 0.239 e. The number of anilines is 1. The fourth-order valence-electron chi connectivity index (χ4n) is 0.599. The van der Waals surface area contributed by atoms with E-state index in [9.17, 15) is 0 Å². The third kappa shape index (κ3) is 1.26. The fourth-order valence-corrected chi connectivity index (χ4v) is 0.599. The molecule has 0 bridgehead atoms. The van der Waals surface area contributed by atoms with E-state index < -0.39 is 0 Å². The van der Waals surface area contributed by atoms with Crippen LogP contribution in [-0.4, -0.2) is 14.8 Å². The third-order valence-electron chi connectivity index (χ3n) is 1.20. The summed E-state index contributed by atoms with van der Waals surface area (Å²) >= 11 is 0. The van der Waals surface area contributed by atoms with Gasteiger partial charge in [-0.2, -0.15) is 0 Å². The predicted molar refractivity (Wildman–Crippen MR) is 39.4 cm³/mol. The van der Waals surface area contributed by atoms with E-state index in [0.29, 0.717) is 5.95 Å². The molecule has 0 amide bonds. The van der Waals surface area contributed by atoms with E-state index in [0.717, 1.165) is 0 Å².